The maximum Gasteiger partial charge on any atom is 0.125 e. The lowest BCUT2D eigenvalue weighted by atomic mass is 9.98. The van der Waals surface area contributed by atoms with E-state index in [1.54, 1.807) is 0 Å². The van der Waals surface area contributed by atoms with Gasteiger partial charge in [0.2, 0.25) is 0 Å². The molecule has 25 heavy (non-hydrogen) atoms. The van der Waals surface area contributed by atoms with E-state index in [2.05, 4.69) is 61.0 Å². The Labute approximate surface area is 151 Å². The molecule has 3 heteroatoms. The molecule has 1 heterocycles. The lowest BCUT2D eigenvalue weighted by Gasteiger charge is -2.34. The first-order valence-corrected chi connectivity index (χ1v) is 9.04. The zero-order valence-electron chi connectivity index (χ0n) is 15.3. The monoisotopic (exact) mass is 336 g/mol. The van der Waals surface area contributed by atoms with Gasteiger partial charge in [0.1, 0.15) is 12.4 Å². The first-order valence-electron chi connectivity index (χ1n) is 9.04. The van der Waals surface area contributed by atoms with Gasteiger partial charge in [0.15, 0.2) is 0 Å². The Morgan fingerprint density at radius 3 is 2.36 bits per heavy atom. The van der Waals surface area contributed by atoms with E-state index in [4.69, 9.17) is 4.74 Å². The highest BCUT2D eigenvalue weighted by molar-refractivity contribution is 5.45. The fraction of sp³-hybridized carbons (Fsp3) is 0.364. The number of nitrogens with one attached hydrogen (secondary N) is 1. The Kier molecular flexibility index (Phi) is 5.90. The van der Waals surface area contributed by atoms with Crippen LogP contribution in [0.25, 0.3) is 0 Å². The van der Waals surface area contributed by atoms with E-state index in [1.165, 1.54) is 22.3 Å². The molecule has 1 saturated heterocycles. The van der Waals surface area contributed by atoms with Crippen LogP contribution in [0, 0.1) is 13.8 Å². The Morgan fingerprint density at radius 1 is 1.12 bits per heavy atom. The molecule has 0 radical (unpaired) electrons. The first-order chi connectivity index (χ1) is 12.2. The Balaban J connectivity index is 1.77. The van der Waals surface area contributed by atoms with Crippen molar-refractivity contribution in [2.75, 3.05) is 26.2 Å². The molecule has 132 valence electrons. The third kappa shape index (κ3) is 4.30. The minimum absolute atomic E-state index is 0.266. The van der Waals surface area contributed by atoms with Crippen molar-refractivity contribution in [3.05, 3.63) is 77.4 Å². The zero-order chi connectivity index (χ0) is 17.6. The predicted molar refractivity (Wildman–Crippen MR) is 104 cm³/mol. The van der Waals surface area contributed by atoms with Crippen LogP contribution in [-0.4, -0.2) is 31.1 Å². The number of hydrogen-bond acceptors (Lipinski definition) is 3. The van der Waals surface area contributed by atoms with Gasteiger partial charge in [-0.15, -0.1) is 6.58 Å². The summed E-state index contributed by atoms with van der Waals surface area (Å²) in [6.07, 6.45) is 2.06. The lowest BCUT2D eigenvalue weighted by molar-refractivity contribution is 0.203. The van der Waals surface area contributed by atoms with Crippen LogP contribution in [0.5, 0.6) is 5.75 Å². The van der Waals surface area contributed by atoms with Gasteiger partial charge in [-0.2, -0.15) is 0 Å². The maximum absolute atomic E-state index is 6.12. The highest BCUT2D eigenvalue weighted by atomic mass is 16.5. The van der Waals surface area contributed by atoms with Gasteiger partial charge in [0.25, 0.3) is 0 Å². The second-order valence-electron chi connectivity index (χ2n) is 6.72. The molecule has 0 aromatic heterocycles. The van der Waals surface area contributed by atoms with Gasteiger partial charge in [0.05, 0.1) is 6.04 Å². The molecule has 2 aromatic rings. The van der Waals surface area contributed by atoms with Gasteiger partial charge in [0, 0.05) is 26.2 Å². The average Bonchev–Trinajstić information content (AvgIpc) is 2.63. The van der Waals surface area contributed by atoms with E-state index in [0.717, 1.165) is 31.9 Å². The van der Waals surface area contributed by atoms with Crippen molar-refractivity contribution >= 4 is 0 Å². The van der Waals surface area contributed by atoms with Crippen LogP contribution < -0.4 is 10.1 Å². The average molecular weight is 336 g/mol. The van der Waals surface area contributed by atoms with Crippen LogP contribution in [0.4, 0.5) is 0 Å². The molecular formula is C22H28N2O. The number of aryl methyl sites for hydroxylation is 2. The van der Waals surface area contributed by atoms with Crippen LogP contribution in [0.3, 0.4) is 0 Å². The van der Waals surface area contributed by atoms with Crippen LogP contribution in [0.15, 0.2) is 55.1 Å². The van der Waals surface area contributed by atoms with E-state index in [-0.39, 0.29) is 6.04 Å². The van der Waals surface area contributed by atoms with E-state index < -0.39 is 0 Å². The summed E-state index contributed by atoms with van der Waals surface area (Å²) in [5, 5.41) is 3.41. The third-order valence-electron chi connectivity index (χ3n) is 4.82. The quantitative estimate of drug-likeness (QED) is 0.807. The largest absolute Gasteiger partial charge is 0.488 e. The summed E-state index contributed by atoms with van der Waals surface area (Å²) in [6.45, 7) is 13.1. The summed E-state index contributed by atoms with van der Waals surface area (Å²) in [4.78, 5) is 2.49. The van der Waals surface area contributed by atoms with Crippen molar-refractivity contribution in [3.8, 4) is 5.75 Å². The van der Waals surface area contributed by atoms with Crippen molar-refractivity contribution in [2.45, 2.75) is 26.5 Å². The summed E-state index contributed by atoms with van der Waals surface area (Å²) in [5.41, 5.74) is 4.87. The number of ether oxygens (including phenoxy) is 1. The van der Waals surface area contributed by atoms with Gasteiger partial charge in [-0.25, -0.2) is 0 Å². The fourth-order valence-electron chi connectivity index (χ4n) is 3.57. The van der Waals surface area contributed by atoms with E-state index in [1.807, 2.05) is 18.2 Å². The molecule has 3 nitrogen and oxygen atoms in total. The Bertz CT molecular complexity index is 682. The van der Waals surface area contributed by atoms with Gasteiger partial charge < -0.3 is 10.1 Å². The van der Waals surface area contributed by atoms with E-state index in [9.17, 15) is 0 Å². The number of piperazine rings is 1. The predicted octanol–water partition coefficient (Wildman–Crippen LogP) is 4.01. The van der Waals surface area contributed by atoms with Gasteiger partial charge in [-0.05, 0) is 36.1 Å². The van der Waals surface area contributed by atoms with E-state index in [0.29, 0.717) is 6.61 Å². The summed E-state index contributed by atoms with van der Waals surface area (Å²) >= 11 is 0. The summed E-state index contributed by atoms with van der Waals surface area (Å²) < 4.78 is 6.12. The fourth-order valence-corrected chi connectivity index (χ4v) is 3.57. The molecule has 0 spiro atoms. The molecule has 3 rings (SSSR count). The first kappa shape index (κ1) is 17.7. The third-order valence-corrected chi connectivity index (χ3v) is 4.82. The molecule has 1 aliphatic heterocycles. The summed E-state index contributed by atoms with van der Waals surface area (Å²) in [5.74, 6) is 0.996. The number of hydrogen-bond donors (Lipinski definition) is 1. The molecule has 0 aliphatic carbocycles. The van der Waals surface area contributed by atoms with Crippen molar-refractivity contribution in [2.24, 2.45) is 0 Å². The van der Waals surface area contributed by atoms with Crippen LogP contribution >= 0.6 is 0 Å². The molecule has 1 aliphatic rings. The van der Waals surface area contributed by atoms with E-state index >= 15 is 0 Å². The Hall–Kier alpha value is -2.10. The van der Waals surface area contributed by atoms with Crippen molar-refractivity contribution in [3.63, 3.8) is 0 Å². The highest BCUT2D eigenvalue weighted by Gasteiger charge is 2.21. The number of benzene rings is 2. The lowest BCUT2D eigenvalue weighted by Crippen LogP contribution is -2.44. The molecule has 0 amide bonds. The van der Waals surface area contributed by atoms with Crippen molar-refractivity contribution < 1.29 is 4.74 Å². The SMILES string of the molecule is C=C[C@@H](c1cc(C)c(OCc2ccccc2)c(C)c1)N1CCNCC1. The van der Waals surface area contributed by atoms with Crippen molar-refractivity contribution in [1.29, 1.82) is 0 Å². The van der Waals surface area contributed by atoms with Gasteiger partial charge in [-0.3, -0.25) is 4.90 Å². The Morgan fingerprint density at radius 2 is 1.76 bits per heavy atom. The second-order valence-corrected chi connectivity index (χ2v) is 6.72. The van der Waals surface area contributed by atoms with Gasteiger partial charge >= 0.3 is 0 Å². The molecule has 2 aromatic carbocycles. The maximum atomic E-state index is 6.12. The molecule has 0 saturated carbocycles. The normalized spacial score (nSPS) is 16.4. The van der Waals surface area contributed by atoms with Crippen LogP contribution in [0.2, 0.25) is 0 Å². The standard InChI is InChI=1S/C22H28N2O/c1-4-21(24-12-10-23-11-13-24)20-14-17(2)22(18(3)15-20)25-16-19-8-6-5-7-9-19/h4-9,14-15,21,23H,1,10-13,16H2,2-3H3/t21-/m0/s1. The van der Waals surface area contributed by atoms with Crippen molar-refractivity contribution in [1.82, 2.24) is 10.2 Å². The highest BCUT2D eigenvalue weighted by Crippen LogP contribution is 2.31. The molecule has 0 bridgehead atoms. The molecule has 1 fully saturated rings. The second kappa shape index (κ2) is 8.32. The molecule has 0 unspecified atom stereocenters. The zero-order valence-corrected chi connectivity index (χ0v) is 15.3. The topological polar surface area (TPSA) is 24.5 Å². The van der Waals surface area contributed by atoms with Crippen LogP contribution in [-0.2, 0) is 6.61 Å². The van der Waals surface area contributed by atoms with Gasteiger partial charge in [-0.1, -0.05) is 48.5 Å². The smallest absolute Gasteiger partial charge is 0.125 e. The molecule has 1 N–H and O–H groups in total. The summed E-state index contributed by atoms with van der Waals surface area (Å²) in [7, 11) is 0. The number of nitrogens with zero attached hydrogens (tertiary/aromatic N) is 1. The summed E-state index contributed by atoms with van der Waals surface area (Å²) in [6, 6.07) is 15.1. The molecular weight excluding hydrogens is 308 g/mol. The minimum Gasteiger partial charge on any atom is -0.488 e. The number of rotatable bonds is 6. The minimum atomic E-state index is 0.266. The van der Waals surface area contributed by atoms with Crippen LogP contribution in [0.1, 0.15) is 28.3 Å². The molecule has 1 atom stereocenters.